The summed E-state index contributed by atoms with van der Waals surface area (Å²) < 4.78 is 41.2. The van der Waals surface area contributed by atoms with Gasteiger partial charge in [0.05, 0.1) is 17.9 Å². The molecule has 0 atom stereocenters. The Bertz CT molecular complexity index is 1030. The lowest BCUT2D eigenvalue weighted by Crippen LogP contribution is -2.35. The summed E-state index contributed by atoms with van der Waals surface area (Å²) in [6.45, 7) is 5.17. The Morgan fingerprint density at radius 3 is 2.45 bits per heavy atom. The molecule has 1 aliphatic heterocycles. The highest BCUT2D eigenvalue weighted by Gasteiger charge is 2.33. The van der Waals surface area contributed by atoms with Crippen molar-refractivity contribution in [2.45, 2.75) is 32.0 Å². The minimum Gasteiger partial charge on any atom is -0.307 e. The lowest BCUT2D eigenvalue weighted by molar-refractivity contribution is -0.141. The molecule has 3 heterocycles. The van der Waals surface area contributed by atoms with Crippen molar-refractivity contribution in [3.8, 4) is 5.69 Å². The number of amides is 1. The van der Waals surface area contributed by atoms with Crippen LogP contribution in [0.4, 0.5) is 19.0 Å². The number of likely N-dealkylation sites (tertiary alicyclic amines) is 1. The van der Waals surface area contributed by atoms with Crippen molar-refractivity contribution >= 4 is 11.7 Å². The molecule has 0 spiro atoms. The summed E-state index contributed by atoms with van der Waals surface area (Å²) in [5.74, 6) is 0.321. The fourth-order valence-corrected chi connectivity index (χ4v) is 3.76. The third kappa shape index (κ3) is 4.63. The van der Waals surface area contributed by atoms with Gasteiger partial charge in [-0.1, -0.05) is 6.92 Å². The number of nitrogens with one attached hydrogen (secondary N) is 1. The summed E-state index contributed by atoms with van der Waals surface area (Å²) in [4.78, 5) is 15.1. The van der Waals surface area contributed by atoms with Crippen LogP contribution in [0, 0.1) is 0 Å². The van der Waals surface area contributed by atoms with Gasteiger partial charge < -0.3 is 10.2 Å². The highest BCUT2D eigenvalue weighted by Crippen LogP contribution is 2.28. The van der Waals surface area contributed by atoms with E-state index in [1.807, 2.05) is 4.68 Å². The number of hydrogen-bond donors (Lipinski definition) is 1. The Morgan fingerprint density at radius 2 is 1.84 bits per heavy atom. The number of piperidine rings is 1. The van der Waals surface area contributed by atoms with Crippen LogP contribution < -0.4 is 5.32 Å². The Kier molecular flexibility index (Phi) is 5.81. The van der Waals surface area contributed by atoms with Crippen LogP contribution in [0.3, 0.4) is 0 Å². The zero-order chi connectivity index (χ0) is 22.0. The number of carbonyl (C=O) groups is 1. The van der Waals surface area contributed by atoms with Crippen LogP contribution in [0.1, 0.15) is 41.9 Å². The van der Waals surface area contributed by atoms with Gasteiger partial charge in [0.2, 0.25) is 0 Å². The van der Waals surface area contributed by atoms with Gasteiger partial charge in [0.1, 0.15) is 5.82 Å². The second-order valence-electron chi connectivity index (χ2n) is 7.47. The van der Waals surface area contributed by atoms with E-state index >= 15 is 0 Å². The van der Waals surface area contributed by atoms with Crippen LogP contribution >= 0.6 is 0 Å². The molecule has 4 rings (SSSR count). The first-order chi connectivity index (χ1) is 14.8. The normalized spacial score (nSPS) is 15.9. The predicted molar refractivity (Wildman–Crippen MR) is 109 cm³/mol. The third-order valence-electron chi connectivity index (χ3n) is 5.54. The van der Waals surface area contributed by atoms with Gasteiger partial charge in [-0.2, -0.15) is 23.4 Å². The first-order valence-corrected chi connectivity index (χ1v) is 10.2. The maximum atomic E-state index is 12.7. The van der Waals surface area contributed by atoms with Crippen LogP contribution in [0.5, 0.6) is 0 Å². The van der Waals surface area contributed by atoms with Gasteiger partial charge in [-0.15, -0.1) is 0 Å². The molecule has 0 aliphatic carbocycles. The Morgan fingerprint density at radius 1 is 1.13 bits per heavy atom. The van der Waals surface area contributed by atoms with E-state index in [1.54, 1.807) is 36.5 Å². The molecule has 1 N–H and O–H groups in total. The zero-order valence-corrected chi connectivity index (χ0v) is 17.0. The van der Waals surface area contributed by atoms with Crippen molar-refractivity contribution < 1.29 is 18.0 Å². The summed E-state index contributed by atoms with van der Waals surface area (Å²) in [5, 5.41) is 10.8. The van der Waals surface area contributed by atoms with E-state index < -0.39 is 11.9 Å². The minimum atomic E-state index is -4.50. The number of carbonyl (C=O) groups excluding carboxylic acids is 1. The van der Waals surface area contributed by atoms with E-state index in [9.17, 15) is 18.0 Å². The molecule has 1 saturated heterocycles. The number of alkyl halides is 3. The SMILES string of the molecule is CCN1CCC(n2nccc2NC(=O)c2ccc(-n3ccc(C(F)(F)F)n3)cc2)CC1. The van der Waals surface area contributed by atoms with Gasteiger partial charge in [-0.3, -0.25) is 4.79 Å². The van der Waals surface area contributed by atoms with Gasteiger partial charge in [0, 0.05) is 30.9 Å². The van der Waals surface area contributed by atoms with E-state index in [0.717, 1.165) is 43.2 Å². The first kappa shape index (κ1) is 21.1. The summed E-state index contributed by atoms with van der Waals surface area (Å²) in [5.41, 5.74) is -0.146. The van der Waals surface area contributed by atoms with Crippen LogP contribution in [0.15, 0.2) is 48.8 Å². The second kappa shape index (κ2) is 8.54. The van der Waals surface area contributed by atoms with Gasteiger partial charge in [0.15, 0.2) is 5.69 Å². The molecule has 10 heteroatoms. The highest BCUT2D eigenvalue weighted by atomic mass is 19.4. The molecule has 3 aromatic rings. The predicted octanol–water partition coefficient (Wildman–Crippen LogP) is 4.00. The van der Waals surface area contributed by atoms with Crippen LogP contribution in [0.2, 0.25) is 0 Å². The van der Waals surface area contributed by atoms with E-state index in [1.165, 1.54) is 6.20 Å². The smallest absolute Gasteiger partial charge is 0.307 e. The average Bonchev–Trinajstić information content (AvgIpc) is 3.44. The number of anilines is 1. The second-order valence-corrected chi connectivity index (χ2v) is 7.47. The van der Waals surface area contributed by atoms with Gasteiger partial charge in [0.25, 0.3) is 5.91 Å². The van der Waals surface area contributed by atoms with Crippen molar-refractivity contribution in [2.75, 3.05) is 25.0 Å². The van der Waals surface area contributed by atoms with E-state index in [2.05, 4.69) is 27.3 Å². The molecule has 1 aliphatic rings. The molecular weight excluding hydrogens is 409 g/mol. The maximum absolute atomic E-state index is 12.7. The van der Waals surface area contributed by atoms with Crippen molar-refractivity contribution in [1.82, 2.24) is 24.5 Å². The molecule has 7 nitrogen and oxygen atoms in total. The van der Waals surface area contributed by atoms with Crippen molar-refractivity contribution in [3.63, 3.8) is 0 Å². The monoisotopic (exact) mass is 432 g/mol. The average molecular weight is 432 g/mol. The number of hydrogen-bond acceptors (Lipinski definition) is 4. The molecule has 1 fully saturated rings. The van der Waals surface area contributed by atoms with Gasteiger partial charge in [-0.05, 0) is 49.7 Å². The molecule has 2 aromatic heterocycles. The number of aromatic nitrogens is 4. The minimum absolute atomic E-state index is 0.234. The summed E-state index contributed by atoms with van der Waals surface area (Å²) in [7, 11) is 0. The van der Waals surface area contributed by atoms with Gasteiger partial charge in [-0.25, -0.2) is 9.36 Å². The van der Waals surface area contributed by atoms with Crippen molar-refractivity contribution in [3.05, 3.63) is 60.0 Å². The number of benzene rings is 1. The molecule has 0 bridgehead atoms. The summed E-state index contributed by atoms with van der Waals surface area (Å²) >= 11 is 0. The van der Waals surface area contributed by atoms with Crippen molar-refractivity contribution in [2.24, 2.45) is 0 Å². The molecule has 0 radical (unpaired) electrons. The molecule has 1 aromatic carbocycles. The first-order valence-electron chi connectivity index (χ1n) is 10.2. The fraction of sp³-hybridized carbons (Fsp3) is 0.381. The molecular formula is C21H23F3N6O. The van der Waals surface area contributed by atoms with E-state index in [4.69, 9.17) is 0 Å². The number of halogens is 3. The zero-order valence-electron chi connectivity index (χ0n) is 17.0. The molecule has 0 unspecified atom stereocenters. The maximum Gasteiger partial charge on any atom is 0.435 e. The number of nitrogens with zero attached hydrogens (tertiary/aromatic N) is 5. The Labute approximate surface area is 177 Å². The van der Waals surface area contributed by atoms with E-state index in [-0.39, 0.29) is 11.9 Å². The fourth-order valence-electron chi connectivity index (χ4n) is 3.76. The lowest BCUT2D eigenvalue weighted by Gasteiger charge is -2.31. The van der Waals surface area contributed by atoms with E-state index in [0.29, 0.717) is 17.1 Å². The lowest BCUT2D eigenvalue weighted by atomic mass is 10.1. The molecule has 164 valence electrons. The summed E-state index contributed by atoms with van der Waals surface area (Å²) in [6, 6.07) is 9.13. The molecule has 31 heavy (non-hydrogen) atoms. The highest BCUT2D eigenvalue weighted by molar-refractivity contribution is 6.03. The summed E-state index contributed by atoms with van der Waals surface area (Å²) in [6.07, 6.45) is 0.343. The third-order valence-corrected chi connectivity index (χ3v) is 5.54. The quantitative estimate of drug-likeness (QED) is 0.662. The molecule has 0 saturated carbocycles. The standard InChI is InChI=1S/C21H23F3N6O/c1-2-28-12-8-17(9-13-28)30-19(7-11-25-30)26-20(31)15-3-5-16(6-4-15)29-14-10-18(27-29)21(22,23)24/h3-7,10-11,14,17H,2,8-9,12-13H2,1H3,(H,26,31). The largest absolute Gasteiger partial charge is 0.435 e. The van der Waals surface area contributed by atoms with Gasteiger partial charge >= 0.3 is 6.18 Å². The van der Waals surface area contributed by atoms with Crippen LogP contribution in [0.25, 0.3) is 5.69 Å². The Balaban J connectivity index is 1.43. The molecule has 1 amide bonds. The van der Waals surface area contributed by atoms with Crippen LogP contribution in [-0.2, 0) is 6.18 Å². The Hall–Kier alpha value is -3.14. The van der Waals surface area contributed by atoms with Crippen LogP contribution in [-0.4, -0.2) is 50.0 Å². The number of rotatable bonds is 5. The van der Waals surface area contributed by atoms with Crippen molar-refractivity contribution in [1.29, 1.82) is 0 Å². The topological polar surface area (TPSA) is 68.0 Å².